The van der Waals surface area contributed by atoms with E-state index < -0.39 is 0 Å². The van der Waals surface area contributed by atoms with Crippen LogP contribution in [0.3, 0.4) is 0 Å². The average molecular weight is 336 g/mol. The van der Waals surface area contributed by atoms with Gasteiger partial charge < -0.3 is 5.32 Å². The molecule has 130 valence electrons. The van der Waals surface area contributed by atoms with Crippen LogP contribution in [-0.2, 0) is 13.6 Å². The Balaban J connectivity index is 1.35. The third-order valence-corrected chi connectivity index (χ3v) is 4.93. The van der Waals surface area contributed by atoms with E-state index in [0.717, 1.165) is 48.7 Å². The maximum absolute atomic E-state index is 4.59. The first kappa shape index (κ1) is 16.0. The molecule has 0 aliphatic carbocycles. The molecule has 0 unspecified atom stereocenters. The van der Waals surface area contributed by atoms with Crippen LogP contribution in [0.2, 0.25) is 0 Å². The lowest BCUT2D eigenvalue weighted by Gasteiger charge is -2.16. The summed E-state index contributed by atoms with van der Waals surface area (Å²) < 4.78 is 1.85. The van der Waals surface area contributed by atoms with Crippen molar-refractivity contribution in [2.24, 2.45) is 13.0 Å². The van der Waals surface area contributed by atoms with Crippen molar-refractivity contribution in [1.29, 1.82) is 0 Å². The molecule has 4 heterocycles. The molecule has 1 N–H and O–H groups in total. The van der Waals surface area contributed by atoms with Crippen molar-refractivity contribution in [2.45, 2.75) is 19.9 Å². The van der Waals surface area contributed by atoms with E-state index in [1.54, 1.807) is 0 Å². The smallest absolute Gasteiger partial charge is 0.157 e. The molecule has 0 amide bonds. The normalized spacial score (nSPS) is 18.1. The van der Waals surface area contributed by atoms with Gasteiger partial charge in [0, 0.05) is 44.5 Å². The van der Waals surface area contributed by atoms with E-state index in [1.165, 1.54) is 12.0 Å². The zero-order valence-corrected chi connectivity index (χ0v) is 14.8. The number of anilines is 1. The second kappa shape index (κ2) is 6.80. The lowest BCUT2D eigenvalue weighted by atomic mass is 10.1. The summed E-state index contributed by atoms with van der Waals surface area (Å²) in [5.41, 5.74) is 3.27. The van der Waals surface area contributed by atoms with Gasteiger partial charge in [0.2, 0.25) is 0 Å². The molecular weight excluding hydrogens is 312 g/mol. The summed E-state index contributed by atoms with van der Waals surface area (Å²) in [6.07, 6.45) is 5.04. The Labute approximate surface area is 147 Å². The first-order chi connectivity index (χ1) is 12.2. The third kappa shape index (κ3) is 3.49. The monoisotopic (exact) mass is 336 g/mol. The SMILES string of the molecule is Cc1nn(C)c2ncc(CN3CC[C@H](CNc4ccccn4)C3)cc12. The summed E-state index contributed by atoms with van der Waals surface area (Å²) in [5, 5.41) is 9.06. The van der Waals surface area contributed by atoms with Crippen molar-refractivity contribution in [3.05, 3.63) is 47.9 Å². The van der Waals surface area contributed by atoms with Gasteiger partial charge in [0.1, 0.15) is 5.82 Å². The molecule has 4 rings (SSSR count). The summed E-state index contributed by atoms with van der Waals surface area (Å²) in [4.78, 5) is 11.4. The molecule has 25 heavy (non-hydrogen) atoms. The summed E-state index contributed by atoms with van der Waals surface area (Å²) in [5.74, 6) is 1.63. The lowest BCUT2D eigenvalue weighted by molar-refractivity contribution is 0.318. The van der Waals surface area contributed by atoms with Crippen molar-refractivity contribution in [3.8, 4) is 0 Å². The number of hydrogen-bond acceptors (Lipinski definition) is 5. The summed E-state index contributed by atoms with van der Waals surface area (Å²) >= 11 is 0. The third-order valence-electron chi connectivity index (χ3n) is 4.93. The van der Waals surface area contributed by atoms with Gasteiger partial charge in [-0.3, -0.25) is 9.58 Å². The minimum absolute atomic E-state index is 0.666. The maximum Gasteiger partial charge on any atom is 0.157 e. The molecule has 3 aromatic heterocycles. The van der Waals surface area contributed by atoms with Crippen molar-refractivity contribution in [1.82, 2.24) is 24.6 Å². The molecule has 0 radical (unpaired) electrons. The fourth-order valence-corrected chi connectivity index (χ4v) is 3.64. The number of hydrogen-bond donors (Lipinski definition) is 1. The van der Waals surface area contributed by atoms with Crippen LogP contribution in [0, 0.1) is 12.8 Å². The van der Waals surface area contributed by atoms with E-state index in [-0.39, 0.29) is 0 Å². The molecule has 0 bridgehead atoms. The van der Waals surface area contributed by atoms with Gasteiger partial charge in [0.25, 0.3) is 0 Å². The maximum atomic E-state index is 4.59. The van der Waals surface area contributed by atoms with Crippen LogP contribution in [0.25, 0.3) is 11.0 Å². The molecule has 1 aliphatic heterocycles. The van der Waals surface area contributed by atoms with Crippen LogP contribution < -0.4 is 5.32 Å². The van der Waals surface area contributed by atoms with E-state index in [2.05, 4.69) is 31.3 Å². The molecule has 6 nitrogen and oxygen atoms in total. The van der Waals surface area contributed by atoms with E-state index in [9.17, 15) is 0 Å². The van der Waals surface area contributed by atoms with Gasteiger partial charge in [0.15, 0.2) is 5.65 Å². The Kier molecular flexibility index (Phi) is 4.36. The Morgan fingerprint density at radius 2 is 2.20 bits per heavy atom. The highest BCUT2D eigenvalue weighted by Gasteiger charge is 2.22. The Morgan fingerprint density at radius 1 is 1.28 bits per heavy atom. The summed E-state index contributed by atoms with van der Waals surface area (Å²) in [6.45, 7) is 6.23. The molecule has 1 fully saturated rings. The largest absolute Gasteiger partial charge is 0.370 e. The number of pyridine rings is 2. The second-order valence-corrected chi connectivity index (χ2v) is 6.91. The molecule has 1 aliphatic rings. The number of nitrogens with one attached hydrogen (secondary N) is 1. The lowest BCUT2D eigenvalue weighted by Crippen LogP contribution is -2.22. The van der Waals surface area contributed by atoms with Crippen molar-refractivity contribution >= 4 is 16.9 Å². The first-order valence-corrected chi connectivity index (χ1v) is 8.84. The number of fused-ring (bicyclic) bond motifs is 1. The van der Waals surface area contributed by atoms with Crippen LogP contribution in [0.4, 0.5) is 5.82 Å². The second-order valence-electron chi connectivity index (χ2n) is 6.91. The topological polar surface area (TPSA) is 58.9 Å². The molecular formula is C19H24N6. The number of nitrogens with zero attached hydrogens (tertiary/aromatic N) is 5. The standard InChI is InChI=1S/C19H24N6/c1-14-17-9-16(11-22-19(17)24(2)23-14)13-25-8-6-15(12-25)10-21-18-5-3-4-7-20-18/h3-5,7,9,11,15H,6,8,10,12-13H2,1-2H3,(H,20,21)/t15-/m1/s1. The van der Waals surface area contributed by atoms with Gasteiger partial charge in [-0.15, -0.1) is 0 Å². The van der Waals surface area contributed by atoms with E-state index in [1.807, 2.05) is 49.2 Å². The summed E-state index contributed by atoms with van der Waals surface area (Å²) in [7, 11) is 1.95. The highest BCUT2D eigenvalue weighted by molar-refractivity contribution is 5.78. The van der Waals surface area contributed by atoms with Crippen LogP contribution in [0.15, 0.2) is 36.7 Å². The first-order valence-electron chi connectivity index (χ1n) is 8.84. The molecule has 0 saturated carbocycles. The van der Waals surface area contributed by atoms with Gasteiger partial charge in [-0.1, -0.05) is 6.07 Å². The minimum Gasteiger partial charge on any atom is -0.370 e. The van der Waals surface area contributed by atoms with Gasteiger partial charge >= 0.3 is 0 Å². The fourth-order valence-electron chi connectivity index (χ4n) is 3.64. The quantitative estimate of drug-likeness (QED) is 0.776. The molecule has 1 saturated heterocycles. The fraction of sp³-hybridized carbons (Fsp3) is 0.421. The van der Waals surface area contributed by atoms with Crippen molar-refractivity contribution in [2.75, 3.05) is 25.0 Å². The molecule has 1 atom stereocenters. The van der Waals surface area contributed by atoms with E-state index in [0.29, 0.717) is 5.92 Å². The van der Waals surface area contributed by atoms with Gasteiger partial charge in [-0.2, -0.15) is 5.10 Å². The average Bonchev–Trinajstić information content (AvgIpc) is 3.18. The number of aryl methyl sites for hydroxylation is 2. The molecule has 6 heteroatoms. The van der Waals surface area contributed by atoms with Crippen LogP contribution in [0.5, 0.6) is 0 Å². The van der Waals surface area contributed by atoms with Crippen LogP contribution in [0.1, 0.15) is 17.7 Å². The highest BCUT2D eigenvalue weighted by atomic mass is 15.3. The number of likely N-dealkylation sites (tertiary alicyclic amines) is 1. The zero-order valence-electron chi connectivity index (χ0n) is 14.8. The van der Waals surface area contributed by atoms with E-state index >= 15 is 0 Å². The minimum atomic E-state index is 0.666. The molecule has 0 spiro atoms. The van der Waals surface area contributed by atoms with Crippen molar-refractivity contribution < 1.29 is 0 Å². The molecule has 0 aromatic carbocycles. The van der Waals surface area contributed by atoms with Gasteiger partial charge in [-0.25, -0.2) is 9.97 Å². The highest BCUT2D eigenvalue weighted by Crippen LogP contribution is 2.21. The van der Waals surface area contributed by atoms with Crippen LogP contribution in [-0.4, -0.2) is 44.3 Å². The predicted molar refractivity (Wildman–Crippen MR) is 99.4 cm³/mol. The predicted octanol–water partition coefficient (Wildman–Crippen LogP) is 2.61. The Bertz CT molecular complexity index is 857. The van der Waals surface area contributed by atoms with Crippen molar-refractivity contribution in [3.63, 3.8) is 0 Å². The zero-order chi connectivity index (χ0) is 17.2. The van der Waals surface area contributed by atoms with E-state index in [4.69, 9.17) is 0 Å². The van der Waals surface area contributed by atoms with Gasteiger partial charge in [-0.05, 0) is 49.6 Å². The number of rotatable bonds is 5. The number of aromatic nitrogens is 4. The Morgan fingerprint density at radius 3 is 3.04 bits per heavy atom. The van der Waals surface area contributed by atoms with Crippen LogP contribution >= 0.6 is 0 Å². The Hall–Kier alpha value is -2.47. The summed E-state index contributed by atoms with van der Waals surface area (Å²) in [6, 6.07) is 8.21. The molecule has 3 aromatic rings. The van der Waals surface area contributed by atoms with Gasteiger partial charge in [0.05, 0.1) is 5.69 Å².